The summed E-state index contributed by atoms with van der Waals surface area (Å²) in [7, 11) is 0. The van der Waals surface area contributed by atoms with E-state index in [1.54, 1.807) is 17.1 Å². The molecule has 1 N–H and O–H groups in total. The largest absolute Gasteiger partial charge is 0.371 e. The van der Waals surface area contributed by atoms with Crippen molar-refractivity contribution in [1.29, 1.82) is 0 Å². The Morgan fingerprint density at radius 1 is 1.00 bits per heavy atom. The van der Waals surface area contributed by atoms with Crippen LogP contribution in [0.4, 0.5) is 0 Å². The Kier molecular flexibility index (Phi) is 7.80. The smallest absolute Gasteiger partial charge is 0.139 e. The van der Waals surface area contributed by atoms with Gasteiger partial charge >= 0.3 is 0 Å². The van der Waals surface area contributed by atoms with E-state index in [2.05, 4.69) is 11.9 Å². The maximum Gasteiger partial charge on any atom is 0.139 e. The van der Waals surface area contributed by atoms with Crippen LogP contribution < -0.4 is 0 Å². The van der Waals surface area contributed by atoms with Crippen molar-refractivity contribution >= 4 is 0 Å². The molecular formula is C16H30N2O. The van der Waals surface area contributed by atoms with Crippen LogP contribution in [-0.4, -0.2) is 14.7 Å². The molecular weight excluding hydrogens is 236 g/mol. The first kappa shape index (κ1) is 16.2. The summed E-state index contributed by atoms with van der Waals surface area (Å²) in [5.74, 6) is 0. The number of aliphatic hydroxyl groups is 1. The maximum atomic E-state index is 10.3. The molecule has 1 aromatic heterocycles. The third kappa shape index (κ3) is 6.76. The molecule has 0 spiro atoms. The zero-order chi connectivity index (χ0) is 14.0. The average Bonchev–Trinajstić information content (AvgIpc) is 2.91. The summed E-state index contributed by atoms with van der Waals surface area (Å²) < 4.78 is 1.79. The molecule has 1 heterocycles. The van der Waals surface area contributed by atoms with E-state index < -0.39 is 5.72 Å². The molecule has 3 nitrogen and oxygen atoms in total. The van der Waals surface area contributed by atoms with E-state index >= 15 is 0 Å². The Morgan fingerprint density at radius 3 is 2.11 bits per heavy atom. The highest BCUT2D eigenvalue weighted by molar-refractivity contribution is 4.82. The summed E-state index contributed by atoms with van der Waals surface area (Å²) in [6, 6.07) is 0. The lowest BCUT2D eigenvalue weighted by molar-refractivity contribution is -0.0289. The van der Waals surface area contributed by atoms with Crippen LogP contribution in [0, 0.1) is 0 Å². The van der Waals surface area contributed by atoms with E-state index in [1.807, 2.05) is 13.1 Å². The zero-order valence-electron chi connectivity index (χ0n) is 12.6. The fourth-order valence-corrected chi connectivity index (χ4v) is 2.44. The van der Waals surface area contributed by atoms with Crippen LogP contribution >= 0.6 is 0 Å². The Balaban J connectivity index is 1.99. The Hall–Kier alpha value is -0.830. The highest BCUT2D eigenvalue weighted by Gasteiger charge is 2.20. The van der Waals surface area contributed by atoms with Gasteiger partial charge in [-0.25, -0.2) is 4.98 Å². The van der Waals surface area contributed by atoms with E-state index in [-0.39, 0.29) is 0 Å². The standard InChI is InChI=1S/C16H30N2O/c1-3-4-5-6-7-8-9-10-11-12-16(2,19)18-14-13-17-15-18/h13-15,19H,3-12H2,1-2H3. The molecule has 0 aromatic carbocycles. The first-order chi connectivity index (χ1) is 9.17. The lowest BCUT2D eigenvalue weighted by atomic mass is 10.0. The van der Waals surface area contributed by atoms with E-state index in [0.717, 1.165) is 12.8 Å². The van der Waals surface area contributed by atoms with Gasteiger partial charge in [0.2, 0.25) is 0 Å². The molecule has 3 heteroatoms. The molecule has 0 radical (unpaired) electrons. The van der Waals surface area contributed by atoms with Gasteiger partial charge in [-0.1, -0.05) is 58.3 Å². The van der Waals surface area contributed by atoms with Crippen LogP contribution in [0.1, 0.15) is 78.1 Å². The molecule has 0 saturated heterocycles. The predicted molar refractivity (Wildman–Crippen MR) is 79.9 cm³/mol. The lowest BCUT2D eigenvalue weighted by Crippen LogP contribution is -2.28. The van der Waals surface area contributed by atoms with Gasteiger partial charge in [-0.05, 0) is 19.8 Å². The highest BCUT2D eigenvalue weighted by Crippen LogP contribution is 2.20. The van der Waals surface area contributed by atoms with Gasteiger partial charge < -0.3 is 9.67 Å². The number of unbranched alkanes of at least 4 members (excludes halogenated alkanes) is 8. The summed E-state index contributed by atoms with van der Waals surface area (Å²) in [5.41, 5.74) is -0.780. The number of aromatic nitrogens is 2. The Morgan fingerprint density at radius 2 is 1.58 bits per heavy atom. The molecule has 0 bridgehead atoms. The molecule has 1 atom stereocenters. The second kappa shape index (κ2) is 9.13. The number of hydrogen-bond acceptors (Lipinski definition) is 2. The fraction of sp³-hybridized carbons (Fsp3) is 0.812. The lowest BCUT2D eigenvalue weighted by Gasteiger charge is -2.24. The van der Waals surface area contributed by atoms with Crippen molar-refractivity contribution in [2.45, 2.75) is 83.8 Å². The average molecular weight is 266 g/mol. The third-order valence-corrected chi connectivity index (χ3v) is 3.81. The number of imidazole rings is 1. The summed E-state index contributed by atoms with van der Waals surface area (Å²) in [6.07, 6.45) is 17.8. The van der Waals surface area contributed by atoms with Crippen LogP contribution in [-0.2, 0) is 5.72 Å². The van der Waals surface area contributed by atoms with Crippen molar-refractivity contribution in [3.8, 4) is 0 Å². The molecule has 0 amide bonds. The van der Waals surface area contributed by atoms with Crippen molar-refractivity contribution in [2.75, 3.05) is 0 Å². The van der Waals surface area contributed by atoms with Crippen molar-refractivity contribution in [3.63, 3.8) is 0 Å². The van der Waals surface area contributed by atoms with Crippen LogP contribution in [0.5, 0.6) is 0 Å². The topological polar surface area (TPSA) is 38.0 Å². The summed E-state index contributed by atoms with van der Waals surface area (Å²) in [6.45, 7) is 4.12. The fourth-order valence-electron chi connectivity index (χ4n) is 2.44. The molecule has 0 fully saturated rings. The molecule has 110 valence electrons. The number of hydrogen-bond donors (Lipinski definition) is 1. The Bertz CT molecular complexity index is 307. The first-order valence-electron chi connectivity index (χ1n) is 7.87. The third-order valence-electron chi connectivity index (χ3n) is 3.81. The van der Waals surface area contributed by atoms with Gasteiger partial charge in [0.15, 0.2) is 0 Å². The summed E-state index contributed by atoms with van der Waals surface area (Å²) in [4.78, 5) is 3.98. The minimum Gasteiger partial charge on any atom is -0.371 e. The van der Waals surface area contributed by atoms with Gasteiger partial charge in [0.05, 0.1) is 6.33 Å². The SMILES string of the molecule is CCCCCCCCCCCC(C)(O)n1ccnc1. The second-order valence-corrected chi connectivity index (χ2v) is 5.77. The van der Waals surface area contributed by atoms with E-state index in [0.29, 0.717) is 0 Å². The number of nitrogens with zero attached hydrogens (tertiary/aromatic N) is 2. The van der Waals surface area contributed by atoms with Gasteiger partial charge in [0.1, 0.15) is 5.72 Å². The van der Waals surface area contributed by atoms with Crippen molar-refractivity contribution in [3.05, 3.63) is 18.7 Å². The van der Waals surface area contributed by atoms with Gasteiger partial charge in [0, 0.05) is 12.4 Å². The molecule has 0 saturated carbocycles. The normalized spacial score (nSPS) is 14.5. The van der Waals surface area contributed by atoms with Gasteiger partial charge in [-0.2, -0.15) is 0 Å². The summed E-state index contributed by atoms with van der Waals surface area (Å²) in [5, 5.41) is 10.3. The minimum atomic E-state index is -0.780. The molecule has 0 aliphatic heterocycles. The molecule has 0 aliphatic carbocycles. The van der Waals surface area contributed by atoms with Crippen molar-refractivity contribution in [1.82, 2.24) is 9.55 Å². The first-order valence-corrected chi connectivity index (χ1v) is 7.87. The van der Waals surface area contributed by atoms with E-state index in [9.17, 15) is 5.11 Å². The van der Waals surface area contributed by atoms with Gasteiger partial charge in [-0.15, -0.1) is 0 Å². The van der Waals surface area contributed by atoms with Crippen LogP contribution in [0.2, 0.25) is 0 Å². The zero-order valence-corrected chi connectivity index (χ0v) is 12.6. The highest BCUT2D eigenvalue weighted by atomic mass is 16.3. The van der Waals surface area contributed by atoms with Crippen LogP contribution in [0.15, 0.2) is 18.7 Å². The quantitative estimate of drug-likeness (QED) is 0.600. The Labute approximate surface area is 118 Å². The minimum absolute atomic E-state index is 0.780. The molecule has 1 unspecified atom stereocenters. The van der Waals surface area contributed by atoms with E-state index in [4.69, 9.17) is 0 Å². The van der Waals surface area contributed by atoms with E-state index in [1.165, 1.54) is 51.4 Å². The number of rotatable bonds is 11. The predicted octanol–water partition coefficient (Wildman–Crippen LogP) is 4.47. The van der Waals surface area contributed by atoms with Gasteiger partial charge in [-0.3, -0.25) is 0 Å². The second-order valence-electron chi connectivity index (χ2n) is 5.77. The maximum absolute atomic E-state index is 10.3. The van der Waals surface area contributed by atoms with Crippen molar-refractivity contribution in [2.24, 2.45) is 0 Å². The monoisotopic (exact) mass is 266 g/mol. The van der Waals surface area contributed by atoms with Gasteiger partial charge in [0.25, 0.3) is 0 Å². The molecule has 19 heavy (non-hydrogen) atoms. The molecule has 1 aromatic rings. The van der Waals surface area contributed by atoms with Crippen molar-refractivity contribution < 1.29 is 5.11 Å². The van der Waals surface area contributed by atoms with Crippen LogP contribution in [0.3, 0.4) is 0 Å². The van der Waals surface area contributed by atoms with Crippen LogP contribution in [0.25, 0.3) is 0 Å². The summed E-state index contributed by atoms with van der Waals surface area (Å²) >= 11 is 0. The molecule has 0 aliphatic rings. The molecule has 1 rings (SSSR count).